The minimum absolute atomic E-state index is 0.0796. The number of nitrogens with one attached hydrogen (secondary N) is 1. The maximum atomic E-state index is 12.1. The van der Waals surface area contributed by atoms with Gasteiger partial charge in [-0.15, -0.1) is 0 Å². The lowest BCUT2D eigenvalue weighted by atomic mass is 10.0. The summed E-state index contributed by atoms with van der Waals surface area (Å²) in [5.74, 6) is -0.703. The molecule has 0 aliphatic heterocycles. The van der Waals surface area contributed by atoms with Gasteiger partial charge in [0.2, 0.25) is 0 Å². The molecule has 0 saturated carbocycles. The molecule has 0 aliphatic rings. The molecule has 1 amide bonds. The number of furan rings is 1. The first-order chi connectivity index (χ1) is 9.11. The van der Waals surface area contributed by atoms with Crippen LogP contribution >= 0.6 is 0 Å². The number of carbonyl (C=O) groups excluding carboxylic acids is 2. The van der Waals surface area contributed by atoms with Crippen LogP contribution in [0, 0.1) is 12.8 Å². The summed E-state index contributed by atoms with van der Waals surface area (Å²) in [6.45, 7) is 10.9. The van der Waals surface area contributed by atoms with E-state index in [0.717, 1.165) is 5.56 Å². The molecule has 0 fully saturated rings. The van der Waals surface area contributed by atoms with E-state index in [0.29, 0.717) is 0 Å². The minimum Gasteiger partial charge on any atom is -0.459 e. The highest BCUT2D eigenvalue weighted by molar-refractivity contribution is 5.95. The van der Waals surface area contributed by atoms with Crippen molar-refractivity contribution in [2.24, 2.45) is 5.92 Å². The first-order valence-corrected chi connectivity index (χ1v) is 6.69. The fourth-order valence-electron chi connectivity index (χ4n) is 1.68. The third-order valence-electron chi connectivity index (χ3n) is 2.68. The molecule has 1 aromatic heterocycles. The van der Waals surface area contributed by atoms with Crippen LogP contribution in [0.3, 0.4) is 0 Å². The summed E-state index contributed by atoms with van der Waals surface area (Å²) in [5, 5.41) is 2.67. The number of carbonyl (C=O) groups is 2. The fraction of sp³-hybridized carbons (Fsp3) is 0.600. The van der Waals surface area contributed by atoms with Crippen molar-refractivity contribution >= 4 is 11.9 Å². The third-order valence-corrected chi connectivity index (χ3v) is 2.68. The molecular weight excluding hydrogens is 258 g/mol. The molecular formula is C15H23NO4. The Labute approximate surface area is 119 Å². The van der Waals surface area contributed by atoms with Crippen molar-refractivity contribution in [1.82, 2.24) is 5.32 Å². The average Bonchev–Trinajstić information content (AvgIpc) is 2.69. The Morgan fingerprint density at radius 3 is 2.30 bits per heavy atom. The van der Waals surface area contributed by atoms with Gasteiger partial charge in [0.1, 0.15) is 11.6 Å². The minimum atomic E-state index is -0.703. The standard InChI is InChI=1S/C15H23NO4/c1-9(2)11(14(18)20-15(4,5)6)16-13(17)12-10(3)7-8-19-12/h7-9,11H,1-6H3,(H,16,17)/t11-/m0/s1. The normalized spacial score (nSPS) is 13.2. The number of hydrogen-bond acceptors (Lipinski definition) is 4. The maximum absolute atomic E-state index is 12.1. The molecule has 1 heterocycles. The Balaban J connectivity index is 2.81. The van der Waals surface area contributed by atoms with Crippen LogP contribution in [0.5, 0.6) is 0 Å². The van der Waals surface area contributed by atoms with Gasteiger partial charge in [-0.2, -0.15) is 0 Å². The Morgan fingerprint density at radius 1 is 1.30 bits per heavy atom. The zero-order valence-corrected chi connectivity index (χ0v) is 12.9. The summed E-state index contributed by atoms with van der Waals surface area (Å²) in [6.07, 6.45) is 1.45. The van der Waals surface area contributed by atoms with Crippen LogP contribution in [0.15, 0.2) is 16.7 Å². The van der Waals surface area contributed by atoms with Crippen molar-refractivity contribution in [3.63, 3.8) is 0 Å². The van der Waals surface area contributed by atoms with Crippen molar-refractivity contribution in [2.45, 2.75) is 53.2 Å². The Bertz CT molecular complexity index is 482. The lowest BCUT2D eigenvalue weighted by molar-refractivity contribution is -0.158. The van der Waals surface area contributed by atoms with Gasteiger partial charge in [-0.3, -0.25) is 4.79 Å². The highest BCUT2D eigenvalue weighted by atomic mass is 16.6. The van der Waals surface area contributed by atoms with Gasteiger partial charge in [0.05, 0.1) is 6.26 Å². The molecule has 0 unspecified atom stereocenters. The molecule has 0 aromatic carbocycles. The molecule has 0 radical (unpaired) electrons. The fourth-order valence-corrected chi connectivity index (χ4v) is 1.68. The summed E-state index contributed by atoms with van der Waals surface area (Å²) < 4.78 is 10.4. The molecule has 5 heteroatoms. The van der Waals surface area contributed by atoms with Crippen LogP contribution in [0.4, 0.5) is 0 Å². The van der Waals surface area contributed by atoms with E-state index in [1.165, 1.54) is 6.26 Å². The first kappa shape index (κ1) is 16.3. The molecule has 112 valence electrons. The molecule has 0 spiro atoms. The lowest BCUT2D eigenvalue weighted by Gasteiger charge is -2.26. The van der Waals surface area contributed by atoms with Gasteiger partial charge < -0.3 is 14.5 Å². The van der Waals surface area contributed by atoms with E-state index >= 15 is 0 Å². The van der Waals surface area contributed by atoms with Crippen molar-refractivity contribution in [3.8, 4) is 0 Å². The van der Waals surface area contributed by atoms with Crippen LogP contribution in [-0.2, 0) is 9.53 Å². The van der Waals surface area contributed by atoms with Crippen molar-refractivity contribution in [1.29, 1.82) is 0 Å². The van der Waals surface area contributed by atoms with Crippen LogP contribution < -0.4 is 5.32 Å². The number of hydrogen-bond donors (Lipinski definition) is 1. The molecule has 1 N–H and O–H groups in total. The quantitative estimate of drug-likeness (QED) is 0.861. The zero-order chi connectivity index (χ0) is 15.5. The average molecular weight is 281 g/mol. The number of rotatable bonds is 4. The summed E-state index contributed by atoms with van der Waals surface area (Å²) >= 11 is 0. The van der Waals surface area contributed by atoms with Gasteiger partial charge in [-0.25, -0.2) is 4.79 Å². The maximum Gasteiger partial charge on any atom is 0.329 e. The van der Waals surface area contributed by atoms with Gasteiger partial charge in [0.15, 0.2) is 5.76 Å². The van der Waals surface area contributed by atoms with E-state index in [2.05, 4.69) is 5.32 Å². The van der Waals surface area contributed by atoms with E-state index in [-0.39, 0.29) is 11.7 Å². The molecule has 0 bridgehead atoms. The SMILES string of the molecule is Cc1ccoc1C(=O)N[C@H](C(=O)OC(C)(C)C)C(C)C. The van der Waals surface area contributed by atoms with E-state index in [1.54, 1.807) is 33.8 Å². The van der Waals surface area contributed by atoms with Gasteiger partial charge in [0, 0.05) is 5.56 Å². The summed E-state index contributed by atoms with van der Waals surface area (Å²) in [4.78, 5) is 24.2. The molecule has 1 aromatic rings. The van der Waals surface area contributed by atoms with Crippen molar-refractivity contribution < 1.29 is 18.7 Å². The lowest BCUT2D eigenvalue weighted by Crippen LogP contribution is -2.47. The monoisotopic (exact) mass is 281 g/mol. The largest absolute Gasteiger partial charge is 0.459 e. The highest BCUT2D eigenvalue weighted by Gasteiger charge is 2.30. The number of amides is 1. The Kier molecular flexibility index (Phi) is 4.98. The van der Waals surface area contributed by atoms with E-state index < -0.39 is 23.5 Å². The molecule has 20 heavy (non-hydrogen) atoms. The van der Waals surface area contributed by atoms with Crippen molar-refractivity contribution in [3.05, 3.63) is 23.7 Å². The Hall–Kier alpha value is -1.78. The predicted octanol–water partition coefficient (Wildman–Crippen LogP) is 2.68. The number of esters is 1. The van der Waals surface area contributed by atoms with Gasteiger partial charge in [-0.05, 0) is 39.7 Å². The first-order valence-electron chi connectivity index (χ1n) is 6.69. The second kappa shape index (κ2) is 6.11. The summed E-state index contributed by atoms with van der Waals surface area (Å²) in [5.41, 5.74) is 0.143. The predicted molar refractivity (Wildman–Crippen MR) is 75.4 cm³/mol. The molecule has 0 aliphatic carbocycles. The second-order valence-corrected chi connectivity index (χ2v) is 6.16. The van der Waals surface area contributed by atoms with Gasteiger partial charge >= 0.3 is 5.97 Å². The van der Waals surface area contributed by atoms with Crippen LogP contribution in [-0.4, -0.2) is 23.5 Å². The van der Waals surface area contributed by atoms with Gasteiger partial charge in [-0.1, -0.05) is 13.8 Å². The molecule has 5 nitrogen and oxygen atoms in total. The highest BCUT2D eigenvalue weighted by Crippen LogP contribution is 2.14. The number of ether oxygens (including phenoxy) is 1. The topological polar surface area (TPSA) is 68.5 Å². The zero-order valence-electron chi connectivity index (χ0n) is 12.9. The summed E-state index contributed by atoms with van der Waals surface area (Å²) in [6, 6.07) is 0.999. The van der Waals surface area contributed by atoms with E-state index in [1.807, 2.05) is 13.8 Å². The Morgan fingerprint density at radius 2 is 1.90 bits per heavy atom. The van der Waals surface area contributed by atoms with Crippen LogP contribution in [0.2, 0.25) is 0 Å². The van der Waals surface area contributed by atoms with E-state index in [9.17, 15) is 9.59 Å². The molecule has 0 saturated heterocycles. The van der Waals surface area contributed by atoms with E-state index in [4.69, 9.17) is 9.15 Å². The summed E-state index contributed by atoms with van der Waals surface area (Å²) in [7, 11) is 0. The second-order valence-electron chi connectivity index (χ2n) is 6.16. The van der Waals surface area contributed by atoms with Crippen molar-refractivity contribution in [2.75, 3.05) is 0 Å². The molecule has 1 atom stereocenters. The smallest absolute Gasteiger partial charge is 0.329 e. The molecule has 1 rings (SSSR count). The van der Waals surface area contributed by atoms with Gasteiger partial charge in [0.25, 0.3) is 5.91 Å². The van der Waals surface area contributed by atoms with Crippen LogP contribution in [0.25, 0.3) is 0 Å². The van der Waals surface area contributed by atoms with Crippen LogP contribution in [0.1, 0.15) is 50.7 Å². The number of aryl methyl sites for hydroxylation is 1. The third kappa shape index (κ3) is 4.40.